The number of thioether (sulfide) groups is 1. The first-order valence-electron chi connectivity index (χ1n) is 5.95. The van der Waals surface area contributed by atoms with Gasteiger partial charge in [-0.25, -0.2) is 8.78 Å². The monoisotopic (exact) mass is 268 g/mol. The Morgan fingerprint density at radius 3 is 2.35 bits per heavy atom. The van der Waals surface area contributed by atoms with Crippen LogP contribution in [-0.2, 0) is 9.53 Å². The molecule has 0 aliphatic heterocycles. The fourth-order valence-electron chi connectivity index (χ4n) is 1.45. The van der Waals surface area contributed by atoms with Crippen LogP contribution in [0.2, 0.25) is 0 Å². The zero-order valence-electron chi connectivity index (χ0n) is 10.8. The molecule has 0 radical (unpaired) electrons. The molecule has 17 heavy (non-hydrogen) atoms. The molecule has 0 amide bonds. The quantitative estimate of drug-likeness (QED) is 0.355. The van der Waals surface area contributed by atoms with Gasteiger partial charge in [-0.3, -0.25) is 4.79 Å². The fraction of sp³-hybridized carbons (Fsp3) is 0.917. The SMILES string of the molecule is CC(=O)OC(C)(C)SCCCCCCC(F)F. The van der Waals surface area contributed by atoms with Crippen LogP contribution >= 0.6 is 11.8 Å². The second-order valence-electron chi connectivity index (χ2n) is 4.44. The molecule has 0 fully saturated rings. The van der Waals surface area contributed by atoms with Gasteiger partial charge >= 0.3 is 5.97 Å². The summed E-state index contributed by atoms with van der Waals surface area (Å²) < 4.78 is 28.8. The number of halogens is 2. The molecule has 102 valence electrons. The average Bonchev–Trinajstić information content (AvgIpc) is 2.13. The third-order valence-electron chi connectivity index (χ3n) is 2.16. The summed E-state index contributed by atoms with van der Waals surface area (Å²) >= 11 is 1.58. The van der Waals surface area contributed by atoms with Crippen molar-refractivity contribution in [2.24, 2.45) is 0 Å². The van der Waals surface area contributed by atoms with E-state index in [4.69, 9.17) is 4.74 Å². The summed E-state index contributed by atoms with van der Waals surface area (Å²) in [6, 6.07) is 0. The summed E-state index contributed by atoms with van der Waals surface area (Å²) in [5.41, 5.74) is 0. The average molecular weight is 268 g/mol. The number of carbonyl (C=O) groups excluding carboxylic acids is 1. The Bertz CT molecular complexity index is 221. The van der Waals surface area contributed by atoms with Crippen LogP contribution in [-0.4, -0.2) is 23.1 Å². The van der Waals surface area contributed by atoms with E-state index in [1.807, 2.05) is 13.8 Å². The van der Waals surface area contributed by atoms with Crippen LogP contribution in [0.5, 0.6) is 0 Å². The highest BCUT2D eigenvalue weighted by Gasteiger charge is 2.20. The molecule has 2 nitrogen and oxygen atoms in total. The number of alkyl halides is 2. The van der Waals surface area contributed by atoms with Crippen molar-refractivity contribution in [1.82, 2.24) is 0 Å². The smallest absolute Gasteiger partial charge is 0.304 e. The lowest BCUT2D eigenvalue weighted by atomic mass is 10.2. The van der Waals surface area contributed by atoms with Crippen molar-refractivity contribution in [2.45, 2.75) is 64.2 Å². The molecule has 0 aromatic heterocycles. The molecule has 5 heteroatoms. The predicted octanol–water partition coefficient (Wildman–Crippen LogP) is 4.23. The lowest BCUT2D eigenvalue weighted by Gasteiger charge is -2.23. The van der Waals surface area contributed by atoms with Crippen molar-refractivity contribution in [3.63, 3.8) is 0 Å². The van der Waals surface area contributed by atoms with Crippen LogP contribution in [0.3, 0.4) is 0 Å². The van der Waals surface area contributed by atoms with E-state index in [2.05, 4.69) is 0 Å². The molecule has 0 aliphatic rings. The van der Waals surface area contributed by atoms with Crippen molar-refractivity contribution in [3.8, 4) is 0 Å². The Labute approximate surface area is 106 Å². The van der Waals surface area contributed by atoms with Gasteiger partial charge in [0, 0.05) is 13.3 Å². The lowest BCUT2D eigenvalue weighted by molar-refractivity contribution is -0.146. The molecule has 0 saturated carbocycles. The minimum absolute atomic E-state index is 0.00604. The van der Waals surface area contributed by atoms with E-state index in [1.54, 1.807) is 11.8 Å². The number of unbranched alkanes of at least 4 members (excludes halogenated alkanes) is 3. The molecule has 0 spiro atoms. The first-order chi connectivity index (χ1) is 7.83. The van der Waals surface area contributed by atoms with Crippen LogP contribution in [0, 0.1) is 0 Å². The molecule has 0 saturated heterocycles. The van der Waals surface area contributed by atoms with Gasteiger partial charge in [0.1, 0.15) is 0 Å². The van der Waals surface area contributed by atoms with Gasteiger partial charge in [-0.15, -0.1) is 11.8 Å². The molecular weight excluding hydrogens is 246 g/mol. The number of rotatable bonds is 9. The van der Waals surface area contributed by atoms with Gasteiger partial charge < -0.3 is 4.74 Å². The molecule has 0 N–H and O–H groups in total. The standard InChI is InChI=1S/C12H22F2O2S/c1-10(15)16-12(2,3)17-9-7-5-4-6-8-11(13)14/h11H,4-9H2,1-3H3. The van der Waals surface area contributed by atoms with E-state index in [0.29, 0.717) is 6.42 Å². The van der Waals surface area contributed by atoms with Gasteiger partial charge in [-0.05, 0) is 32.4 Å². The van der Waals surface area contributed by atoms with Crippen molar-refractivity contribution in [2.75, 3.05) is 5.75 Å². The minimum Gasteiger partial charge on any atom is -0.449 e. The van der Waals surface area contributed by atoms with Crippen molar-refractivity contribution < 1.29 is 18.3 Å². The zero-order chi connectivity index (χ0) is 13.3. The van der Waals surface area contributed by atoms with E-state index in [1.165, 1.54) is 6.92 Å². The van der Waals surface area contributed by atoms with Gasteiger partial charge in [-0.2, -0.15) is 0 Å². The third kappa shape index (κ3) is 11.9. The van der Waals surface area contributed by atoms with E-state index < -0.39 is 11.4 Å². The van der Waals surface area contributed by atoms with E-state index in [9.17, 15) is 13.6 Å². The minimum atomic E-state index is -2.17. The van der Waals surface area contributed by atoms with Crippen LogP contribution < -0.4 is 0 Å². The topological polar surface area (TPSA) is 26.3 Å². The summed E-state index contributed by atoms with van der Waals surface area (Å²) in [5.74, 6) is 0.606. The molecule has 0 atom stereocenters. The van der Waals surface area contributed by atoms with Crippen LogP contribution in [0.1, 0.15) is 52.9 Å². The Morgan fingerprint density at radius 2 is 1.82 bits per heavy atom. The van der Waals surface area contributed by atoms with E-state index >= 15 is 0 Å². The number of hydrogen-bond acceptors (Lipinski definition) is 3. The van der Waals surface area contributed by atoms with Crippen LogP contribution in [0.15, 0.2) is 0 Å². The Morgan fingerprint density at radius 1 is 1.24 bits per heavy atom. The van der Waals surface area contributed by atoms with Gasteiger partial charge in [0.05, 0.1) is 0 Å². The first kappa shape index (κ1) is 16.7. The molecule has 0 aromatic carbocycles. The Balaban J connectivity index is 3.41. The van der Waals surface area contributed by atoms with Crippen molar-refractivity contribution in [1.29, 1.82) is 0 Å². The highest BCUT2D eigenvalue weighted by Crippen LogP contribution is 2.27. The number of carbonyl (C=O) groups is 1. The third-order valence-corrected chi connectivity index (χ3v) is 3.43. The van der Waals surface area contributed by atoms with Gasteiger partial charge in [0.15, 0.2) is 4.93 Å². The molecule has 0 aromatic rings. The van der Waals surface area contributed by atoms with Crippen LogP contribution in [0.25, 0.3) is 0 Å². The van der Waals surface area contributed by atoms with E-state index in [0.717, 1.165) is 25.0 Å². The van der Waals surface area contributed by atoms with Gasteiger partial charge in [-0.1, -0.05) is 12.8 Å². The van der Waals surface area contributed by atoms with Gasteiger partial charge in [0.25, 0.3) is 0 Å². The number of hydrogen-bond donors (Lipinski definition) is 0. The second-order valence-corrected chi connectivity index (χ2v) is 6.12. The van der Waals surface area contributed by atoms with Gasteiger partial charge in [0.2, 0.25) is 6.43 Å². The largest absolute Gasteiger partial charge is 0.449 e. The van der Waals surface area contributed by atoms with E-state index in [-0.39, 0.29) is 12.4 Å². The predicted molar refractivity (Wildman–Crippen MR) is 67.4 cm³/mol. The van der Waals surface area contributed by atoms with Crippen LogP contribution in [0.4, 0.5) is 8.78 Å². The summed E-state index contributed by atoms with van der Waals surface area (Å²) in [5, 5.41) is 0. The molecule has 0 unspecified atom stereocenters. The first-order valence-corrected chi connectivity index (χ1v) is 6.94. The highest BCUT2D eigenvalue weighted by molar-refractivity contribution is 8.00. The normalized spacial score (nSPS) is 11.9. The van der Waals surface area contributed by atoms with Crippen molar-refractivity contribution >= 4 is 17.7 Å². The summed E-state index contributed by atoms with van der Waals surface area (Å²) in [7, 11) is 0. The molecular formula is C12H22F2O2S. The molecule has 0 rings (SSSR count). The fourth-order valence-corrected chi connectivity index (χ4v) is 2.46. The lowest BCUT2D eigenvalue weighted by Crippen LogP contribution is -2.23. The second kappa shape index (κ2) is 8.72. The number of esters is 1. The maximum atomic E-state index is 11.8. The van der Waals surface area contributed by atoms with Crippen molar-refractivity contribution in [3.05, 3.63) is 0 Å². The molecule has 0 heterocycles. The zero-order valence-corrected chi connectivity index (χ0v) is 11.6. The summed E-state index contributed by atoms with van der Waals surface area (Å²) in [6.07, 6.45) is 1.20. The number of ether oxygens (including phenoxy) is 1. The Hall–Kier alpha value is -0.320. The highest BCUT2D eigenvalue weighted by atomic mass is 32.2. The maximum absolute atomic E-state index is 11.8. The summed E-state index contributed by atoms with van der Waals surface area (Å²) in [4.78, 5) is 10.3. The maximum Gasteiger partial charge on any atom is 0.304 e. The molecule has 0 bridgehead atoms. The summed E-state index contributed by atoms with van der Waals surface area (Å²) in [6.45, 7) is 5.11. The molecule has 0 aliphatic carbocycles. The Kier molecular flexibility index (Phi) is 8.56.